The number of aromatic nitrogens is 1. The van der Waals surface area contributed by atoms with E-state index in [9.17, 15) is 9.18 Å². The third-order valence-electron chi connectivity index (χ3n) is 4.49. The molecular weight excluding hydrogens is 396 g/mol. The van der Waals surface area contributed by atoms with Crippen LogP contribution in [0.2, 0.25) is 10.2 Å². The van der Waals surface area contributed by atoms with Gasteiger partial charge in [-0.3, -0.25) is 0 Å². The summed E-state index contributed by atoms with van der Waals surface area (Å²) in [7, 11) is 0. The second-order valence-electron chi connectivity index (χ2n) is 7.85. The quantitative estimate of drug-likeness (QED) is 0.695. The van der Waals surface area contributed by atoms with Crippen molar-refractivity contribution in [3.8, 4) is 11.4 Å². The minimum atomic E-state index is -0.775. The van der Waals surface area contributed by atoms with Gasteiger partial charge in [0.15, 0.2) is 10.9 Å². The average Bonchev–Trinajstić information content (AvgIpc) is 3.01. The van der Waals surface area contributed by atoms with Crippen molar-refractivity contribution in [2.24, 2.45) is 0 Å². The molecule has 1 aliphatic rings. The second-order valence-corrected chi connectivity index (χ2v) is 8.62. The molecule has 3 unspecified atom stereocenters. The van der Waals surface area contributed by atoms with Crippen LogP contribution < -0.4 is 10.5 Å². The zero-order chi connectivity index (χ0) is 20.1. The summed E-state index contributed by atoms with van der Waals surface area (Å²) in [5.41, 5.74) is -0.598. The van der Waals surface area contributed by atoms with Gasteiger partial charge in [0, 0.05) is 17.9 Å². The Morgan fingerprint density at radius 1 is 1.26 bits per heavy atom. The molecule has 0 radical (unpaired) electrons. The molecule has 0 bridgehead atoms. The second kappa shape index (κ2) is 7.15. The van der Waals surface area contributed by atoms with Crippen LogP contribution in [0.3, 0.4) is 0 Å². The molecule has 2 heterocycles. The lowest BCUT2D eigenvalue weighted by molar-refractivity contribution is 0.0360. The van der Waals surface area contributed by atoms with E-state index in [2.05, 4.69) is 0 Å². The summed E-state index contributed by atoms with van der Waals surface area (Å²) in [5.74, 6) is -0.952. The molecule has 5 nitrogen and oxygen atoms in total. The highest BCUT2D eigenvalue weighted by Crippen LogP contribution is 2.36. The minimum Gasteiger partial charge on any atom is -0.486 e. The van der Waals surface area contributed by atoms with Crippen LogP contribution >= 0.6 is 23.2 Å². The predicted octanol–water partition coefficient (Wildman–Crippen LogP) is 5.12. The van der Waals surface area contributed by atoms with Crippen LogP contribution in [0.1, 0.15) is 46.8 Å². The number of rotatable bonds is 3. The SMILES string of the molecule is CC1CC(Oc2cc(-n3c(Cl)c(C(C)(C)C)oc3=O)c(F)cc2Cl)C(C)O1. The van der Waals surface area contributed by atoms with Crippen molar-refractivity contribution >= 4 is 23.2 Å². The first-order valence-electron chi connectivity index (χ1n) is 8.72. The van der Waals surface area contributed by atoms with E-state index in [1.54, 1.807) is 0 Å². The number of ether oxygens (including phenoxy) is 2. The maximum absolute atomic E-state index is 14.6. The lowest BCUT2D eigenvalue weighted by Gasteiger charge is -2.19. The summed E-state index contributed by atoms with van der Waals surface area (Å²) in [6.07, 6.45) is 0.393. The molecule has 1 aromatic heterocycles. The maximum Gasteiger partial charge on any atom is 0.425 e. The predicted molar refractivity (Wildman–Crippen MR) is 102 cm³/mol. The average molecular weight is 418 g/mol. The van der Waals surface area contributed by atoms with Crippen LogP contribution in [0.15, 0.2) is 21.3 Å². The van der Waals surface area contributed by atoms with E-state index in [0.29, 0.717) is 6.42 Å². The molecule has 3 atom stereocenters. The zero-order valence-electron chi connectivity index (χ0n) is 15.8. The van der Waals surface area contributed by atoms with Gasteiger partial charge >= 0.3 is 5.76 Å². The van der Waals surface area contributed by atoms with Crippen LogP contribution in [-0.4, -0.2) is 22.9 Å². The van der Waals surface area contributed by atoms with Gasteiger partial charge < -0.3 is 13.9 Å². The van der Waals surface area contributed by atoms with Gasteiger partial charge in [0.05, 0.1) is 22.9 Å². The molecule has 1 aromatic carbocycles. The van der Waals surface area contributed by atoms with Crippen molar-refractivity contribution in [3.63, 3.8) is 0 Å². The molecule has 1 aliphatic heterocycles. The summed E-state index contributed by atoms with van der Waals surface area (Å²) < 4.78 is 32.5. The number of hydrogen-bond acceptors (Lipinski definition) is 4. The van der Waals surface area contributed by atoms with Crippen molar-refractivity contribution in [3.05, 3.63) is 44.4 Å². The van der Waals surface area contributed by atoms with Crippen LogP contribution in [0.25, 0.3) is 5.69 Å². The van der Waals surface area contributed by atoms with Crippen LogP contribution in [0.5, 0.6) is 5.75 Å². The third kappa shape index (κ3) is 3.89. The highest BCUT2D eigenvalue weighted by molar-refractivity contribution is 6.32. The molecule has 0 N–H and O–H groups in total. The smallest absolute Gasteiger partial charge is 0.425 e. The summed E-state index contributed by atoms with van der Waals surface area (Å²) in [5, 5.41) is 0.123. The van der Waals surface area contributed by atoms with Gasteiger partial charge in [-0.2, -0.15) is 0 Å². The van der Waals surface area contributed by atoms with Gasteiger partial charge in [-0.15, -0.1) is 0 Å². The number of oxazole rings is 1. The molecule has 1 fully saturated rings. The van der Waals surface area contributed by atoms with Gasteiger partial charge in [-0.25, -0.2) is 13.8 Å². The fourth-order valence-electron chi connectivity index (χ4n) is 3.14. The molecule has 148 valence electrons. The Morgan fingerprint density at radius 3 is 2.44 bits per heavy atom. The zero-order valence-corrected chi connectivity index (χ0v) is 17.3. The summed E-state index contributed by atoms with van der Waals surface area (Å²) >= 11 is 12.5. The summed E-state index contributed by atoms with van der Waals surface area (Å²) in [6.45, 7) is 9.39. The molecule has 0 aliphatic carbocycles. The fraction of sp³-hybridized carbons (Fsp3) is 0.526. The van der Waals surface area contributed by atoms with E-state index >= 15 is 0 Å². The van der Waals surface area contributed by atoms with Gasteiger partial charge in [-0.05, 0) is 19.9 Å². The number of halogens is 3. The van der Waals surface area contributed by atoms with Crippen LogP contribution in [0, 0.1) is 5.82 Å². The monoisotopic (exact) mass is 417 g/mol. The normalized spacial score (nSPS) is 23.0. The summed E-state index contributed by atoms with van der Waals surface area (Å²) in [6, 6.07) is 2.46. The Hall–Kier alpha value is -1.50. The minimum absolute atomic E-state index is 0.0193. The van der Waals surface area contributed by atoms with Gasteiger partial charge in [-0.1, -0.05) is 44.0 Å². The lowest BCUT2D eigenvalue weighted by atomic mass is 9.94. The van der Waals surface area contributed by atoms with Crippen LogP contribution in [-0.2, 0) is 10.2 Å². The molecule has 8 heteroatoms. The van der Waals surface area contributed by atoms with Gasteiger partial charge in [0.25, 0.3) is 0 Å². The van der Waals surface area contributed by atoms with Crippen molar-refractivity contribution in [1.29, 1.82) is 0 Å². The van der Waals surface area contributed by atoms with Crippen molar-refractivity contribution in [2.75, 3.05) is 0 Å². The topological polar surface area (TPSA) is 53.6 Å². The number of nitrogens with zero attached hydrogens (tertiary/aromatic N) is 1. The van der Waals surface area contributed by atoms with Gasteiger partial charge in [0.2, 0.25) is 0 Å². The highest BCUT2D eigenvalue weighted by atomic mass is 35.5. The van der Waals surface area contributed by atoms with Crippen molar-refractivity contribution in [1.82, 2.24) is 4.57 Å². The summed E-state index contributed by atoms with van der Waals surface area (Å²) in [4.78, 5) is 12.3. The number of hydrogen-bond donors (Lipinski definition) is 0. The van der Waals surface area contributed by atoms with Crippen LogP contribution in [0.4, 0.5) is 4.39 Å². The molecule has 1 saturated heterocycles. The molecule has 3 rings (SSSR count). The van der Waals surface area contributed by atoms with E-state index in [1.807, 2.05) is 34.6 Å². The molecule has 0 amide bonds. The Balaban J connectivity index is 2.05. The molecule has 0 saturated carbocycles. The molecule has 2 aromatic rings. The van der Waals surface area contributed by atoms with E-state index in [-0.39, 0.29) is 45.7 Å². The third-order valence-corrected chi connectivity index (χ3v) is 5.13. The standard InChI is InChI=1S/C19H22Cl2FNO4/c1-9-6-14(10(2)25-9)26-15-8-13(12(22)7-11(15)20)23-17(21)16(19(3,4)5)27-18(23)24/h7-10,14H,6H2,1-5H3. The van der Waals surface area contributed by atoms with Gasteiger partial charge in [0.1, 0.15) is 17.7 Å². The van der Waals surface area contributed by atoms with E-state index < -0.39 is 17.0 Å². The largest absolute Gasteiger partial charge is 0.486 e. The Kier molecular flexibility index (Phi) is 5.36. The first-order chi connectivity index (χ1) is 12.5. The maximum atomic E-state index is 14.6. The molecular formula is C19H22Cl2FNO4. The molecule has 0 spiro atoms. The first kappa shape index (κ1) is 20.2. The Labute approximate surface area is 167 Å². The van der Waals surface area contributed by atoms with E-state index in [4.69, 9.17) is 37.1 Å². The fourth-order valence-corrected chi connectivity index (χ4v) is 3.82. The lowest BCUT2D eigenvalue weighted by Crippen LogP contribution is -2.24. The Morgan fingerprint density at radius 2 is 1.93 bits per heavy atom. The van der Waals surface area contributed by atoms with E-state index in [0.717, 1.165) is 10.6 Å². The highest BCUT2D eigenvalue weighted by Gasteiger charge is 2.33. The van der Waals surface area contributed by atoms with E-state index in [1.165, 1.54) is 6.07 Å². The first-order valence-corrected chi connectivity index (χ1v) is 9.48. The van der Waals surface area contributed by atoms with Crippen molar-refractivity contribution in [2.45, 2.75) is 64.8 Å². The molecule has 27 heavy (non-hydrogen) atoms. The Bertz CT molecular complexity index is 916. The number of benzene rings is 1. The van der Waals surface area contributed by atoms with Crippen molar-refractivity contribution < 1.29 is 18.3 Å².